The van der Waals surface area contributed by atoms with E-state index in [2.05, 4.69) is 25.5 Å². The van der Waals surface area contributed by atoms with Crippen molar-refractivity contribution < 1.29 is 4.79 Å². The van der Waals surface area contributed by atoms with E-state index in [4.69, 9.17) is 0 Å². The van der Waals surface area contributed by atoms with Gasteiger partial charge in [-0.3, -0.25) is 9.59 Å². The lowest BCUT2D eigenvalue weighted by Crippen LogP contribution is -2.14. The van der Waals surface area contributed by atoms with Gasteiger partial charge in [-0.25, -0.2) is 4.98 Å². The van der Waals surface area contributed by atoms with Crippen LogP contribution in [0, 0.1) is 6.92 Å². The third kappa shape index (κ3) is 4.88. The molecule has 0 saturated carbocycles. The van der Waals surface area contributed by atoms with Crippen molar-refractivity contribution in [1.29, 1.82) is 0 Å². The van der Waals surface area contributed by atoms with Gasteiger partial charge in [-0.1, -0.05) is 41.6 Å². The van der Waals surface area contributed by atoms with E-state index in [-0.39, 0.29) is 16.7 Å². The lowest BCUT2D eigenvalue weighted by atomic mass is 10.2. The van der Waals surface area contributed by atoms with Crippen LogP contribution >= 0.6 is 11.8 Å². The Morgan fingerprint density at radius 1 is 1.16 bits per heavy atom. The first-order valence-corrected chi connectivity index (χ1v) is 11.2. The zero-order chi connectivity index (χ0) is 22.7. The van der Waals surface area contributed by atoms with Gasteiger partial charge < -0.3 is 14.9 Å². The van der Waals surface area contributed by atoms with Crippen LogP contribution in [0.2, 0.25) is 0 Å². The number of rotatable bonds is 7. The zero-order valence-electron chi connectivity index (χ0n) is 18.1. The van der Waals surface area contributed by atoms with Crippen LogP contribution in [0.3, 0.4) is 0 Å². The molecule has 2 N–H and O–H groups in total. The Hall–Kier alpha value is -3.46. The average Bonchev–Trinajstić information content (AvgIpc) is 3.13. The van der Waals surface area contributed by atoms with E-state index < -0.39 is 0 Å². The van der Waals surface area contributed by atoms with Crippen molar-refractivity contribution in [3.8, 4) is 0 Å². The number of thioether (sulfide) groups is 1. The number of nitrogens with one attached hydrogen (secondary N) is 2. The molecule has 4 rings (SSSR count). The van der Waals surface area contributed by atoms with Crippen LogP contribution in [0.15, 0.2) is 58.5 Å². The fourth-order valence-electron chi connectivity index (χ4n) is 3.26. The van der Waals surface area contributed by atoms with Gasteiger partial charge in [0.25, 0.3) is 5.56 Å². The predicted molar refractivity (Wildman–Crippen MR) is 126 cm³/mol. The van der Waals surface area contributed by atoms with Gasteiger partial charge in [0, 0.05) is 25.6 Å². The van der Waals surface area contributed by atoms with Gasteiger partial charge in [0.2, 0.25) is 5.91 Å². The molecule has 0 bridgehead atoms. The number of hydrogen-bond donors (Lipinski definition) is 2. The Balaban J connectivity index is 1.40. The standard InChI is InChI=1S/C23H24N6O2S/c1-14-8-10-16(11-9-14)24-20(30)13-12-19-27-28-23(29(19)3)32-15(2)21-25-18-7-5-4-6-17(18)22(31)26-21/h4-11,15H,12-13H2,1-3H3,(H,24,30)(H,25,26,31). The first-order valence-electron chi connectivity index (χ1n) is 10.3. The van der Waals surface area contributed by atoms with Gasteiger partial charge in [0.1, 0.15) is 11.6 Å². The summed E-state index contributed by atoms with van der Waals surface area (Å²) in [5.41, 5.74) is 2.43. The molecule has 0 radical (unpaired) electrons. The van der Waals surface area contributed by atoms with Crippen molar-refractivity contribution in [2.75, 3.05) is 5.32 Å². The van der Waals surface area contributed by atoms with Gasteiger partial charge in [-0.05, 0) is 38.1 Å². The van der Waals surface area contributed by atoms with E-state index in [0.717, 1.165) is 17.1 Å². The summed E-state index contributed by atoms with van der Waals surface area (Å²) in [5, 5.41) is 12.5. The molecule has 8 nitrogen and oxygen atoms in total. The molecule has 1 atom stereocenters. The van der Waals surface area contributed by atoms with Crippen molar-refractivity contribution >= 4 is 34.3 Å². The number of benzene rings is 2. The van der Waals surface area contributed by atoms with Crippen molar-refractivity contribution in [3.63, 3.8) is 0 Å². The molecule has 2 heterocycles. The zero-order valence-corrected chi connectivity index (χ0v) is 18.9. The van der Waals surface area contributed by atoms with Crippen LogP contribution in [-0.2, 0) is 18.3 Å². The number of carbonyl (C=O) groups excluding carboxylic acids is 1. The molecule has 0 saturated heterocycles. The summed E-state index contributed by atoms with van der Waals surface area (Å²) < 4.78 is 1.87. The van der Waals surface area contributed by atoms with E-state index in [9.17, 15) is 9.59 Å². The fraction of sp³-hybridized carbons (Fsp3) is 0.261. The highest BCUT2D eigenvalue weighted by molar-refractivity contribution is 7.99. The molecule has 0 aliphatic rings. The first kappa shape index (κ1) is 21.8. The Morgan fingerprint density at radius 2 is 1.91 bits per heavy atom. The number of H-pyrrole nitrogens is 1. The van der Waals surface area contributed by atoms with Crippen LogP contribution in [-0.4, -0.2) is 30.6 Å². The number of para-hydroxylation sites is 1. The van der Waals surface area contributed by atoms with E-state index in [0.29, 0.717) is 34.7 Å². The minimum absolute atomic E-state index is 0.0719. The summed E-state index contributed by atoms with van der Waals surface area (Å²) in [6.45, 7) is 3.96. The Labute approximate surface area is 189 Å². The lowest BCUT2D eigenvalue weighted by molar-refractivity contribution is -0.116. The van der Waals surface area contributed by atoms with Gasteiger partial charge in [-0.15, -0.1) is 10.2 Å². The molecule has 1 unspecified atom stereocenters. The van der Waals surface area contributed by atoms with Gasteiger partial charge in [0.15, 0.2) is 5.16 Å². The SMILES string of the molecule is Cc1ccc(NC(=O)CCc2nnc(SC(C)c3nc4ccccc4c(=O)[nH]3)n2C)cc1. The number of amides is 1. The quantitative estimate of drug-likeness (QED) is 0.417. The average molecular weight is 449 g/mol. The molecule has 0 aliphatic heterocycles. The van der Waals surface area contributed by atoms with Gasteiger partial charge in [-0.2, -0.15) is 0 Å². The maximum absolute atomic E-state index is 12.3. The summed E-state index contributed by atoms with van der Waals surface area (Å²) in [5.74, 6) is 1.23. The fourth-order valence-corrected chi connectivity index (χ4v) is 4.15. The number of aromatic amines is 1. The highest BCUT2D eigenvalue weighted by Crippen LogP contribution is 2.32. The molecule has 0 fully saturated rings. The number of nitrogens with zero attached hydrogens (tertiary/aromatic N) is 4. The molecule has 32 heavy (non-hydrogen) atoms. The van der Waals surface area contributed by atoms with Gasteiger partial charge in [0.05, 0.1) is 16.2 Å². The normalized spacial score (nSPS) is 12.1. The number of aryl methyl sites for hydroxylation is 2. The maximum atomic E-state index is 12.3. The molecule has 2 aromatic carbocycles. The number of fused-ring (bicyclic) bond motifs is 1. The van der Waals surface area contributed by atoms with Crippen LogP contribution in [0.25, 0.3) is 10.9 Å². The topological polar surface area (TPSA) is 106 Å². The van der Waals surface area contributed by atoms with E-state index in [1.165, 1.54) is 11.8 Å². The maximum Gasteiger partial charge on any atom is 0.258 e. The minimum atomic E-state index is -0.156. The Morgan fingerprint density at radius 3 is 2.69 bits per heavy atom. The van der Waals surface area contributed by atoms with Crippen LogP contribution in [0.5, 0.6) is 0 Å². The van der Waals surface area contributed by atoms with Crippen LogP contribution < -0.4 is 10.9 Å². The summed E-state index contributed by atoms with van der Waals surface area (Å²) in [6, 6.07) is 15.0. The molecule has 0 aliphatic carbocycles. The first-order chi connectivity index (χ1) is 15.4. The van der Waals surface area contributed by atoms with E-state index >= 15 is 0 Å². The Bertz CT molecular complexity index is 1310. The van der Waals surface area contributed by atoms with Gasteiger partial charge >= 0.3 is 0 Å². The smallest absolute Gasteiger partial charge is 0.258 e. The highest BCUT2D eigenvalue weighted by atomic mass is 32.2. The van der Waals surface area contributed by atoms with Crippen LogP contribution in [0.1, 0.15) is 35.8 Å². The third-order valence-corrected chi connectivity index (χ3v) is 6.28. The van der Waals surface area contributed by atoms with E-state index in [1.54, 1.807) is 6.07 Å². The second kappa shape index (κ2) is 9.35. The second-order valence-corrected chi connectivity index (χ2v) is 8.91. The number of anilines is 1. The van der Waals surface area contributed by atoms with Crippen molar-refractivity contribution in [3.05, 3.63) is 76.1 Å². The monoisotopic (exact) mass is 448 g/mol. The number of hydrogen-bond acceptors (Lipinski definition) is 6. The molecule has 9 heteroatoms. The molecular weight excluding hydrogens is 424 g/mol. The molecule has 1 amide bonds. The summed E-state index contributed by atoms with van der Waals surface area (Å²) >= 11 is 1.46. The lowest BCUT2D eigenvalue weighted by Gasteiger charge is -2.11. The van der Waals surface area contributed by atoms with Crippen molar-refractivity contribution in [1.82, 2.24) is 24.7 Å². The Kier molecular flexibility index (Phi) is 6.36. The number of aromatic nitrogens is 5. The van der Waals surface area contributed by atoms with E-state index in [1.807, 2.05) is 67.9 Å². The third-order valence-electron chi connectivity index (χ3n) is 5.13. The minimum Gasteiger partial charge on any atom is -0.326 e. The van der Waals surface area contributed by atoms with Crippen molar-refractivity contribution in [2.45, 2.75) is 37.1 Å². The molecule has 164 valence electrons. The summed E-state index contributed by atoms with van der Waals surface area (Å²) in [4.78, 5) is 32.1. The predicted octanol–water partition coefficient (Wildman–Crippen LogP) is 3.78. The summed E-state index contributed by atoms with van der Waals surface area (Å²) in [6.07, 6.45) is 0.779. The molecule has 4 aromatic rings. The molecular formula is C23H24N6O2S. The summed E-state index contributed by atoms with van der Waals surface area (Å²) in [7, 11) is 1.87. The molecule has 0 spiro atoms. The number of carbonyl (C=O) groups is 1. The highest BCUT2D eigenvalue weighted by Gasteiger charge is 2.17. The van der Waals surface area contributed by atoms with Crippen molar-refractivity contribution in [2.24, 2.45) is 7.05 Å². The second-order valence-electron chi connectivity index (χ2n) is 7.60. The molecule has 2 aromatic heterocycles. The van der Waals surface area contributed by atoms with Crippen LogP contribution in [0.4, 0.5) is 5.69 Å². The largest absolute Gasteiger partial charge is 0.326 e.